The number of nitrogens with zero attached hydrogens (tertiary/aromatic N) is 1. The van der Waals surface area contributed by atoms with Gasteiger partial charge >= 0.3 is 10.2 Å². The molecule has 0 spiro atoms. The lowest BCUT2D eigenvalue weighted by Gasteiger charge is -2.30. The van der Waals surface area contributed by atoms with Crippen molar-refractivity contribution >= 4 is 15.9 Å². The summed E-state index contributed by atoms with van der Waals surface area (Å²) in [6.45, 7) is 5.34. The Bertz CT molecular complexity index is 574. The molecule has 1 aliphatic rings. The molecular formula is C15H25N3O2S. The lowest BCUT2D eigenvalue weighted by molar-refractivity contribution is 0.282. The van der Waals surface area contributed by atoms with Crippen molar-refractivity contribution in [1.82, 2.24) is 9.62 Å². The standard InChI is InChI=1S/C15H25N3O2S/c1-12-6-5-9-18(11-12)21(19,20)17-15-8-4-7-14(10-15)13(2)16-3/h4,7-8,10,12-13,16-17H,5-6,9,11H2,1-3H3. The zero-order valence-corrected chi connectivity index (χ0v) is 13.8. The number of benzene rings is 1. The summed E-state index contributed by atoms with van der Waals surface area (Å²) in [4.78, 5) is 0. The average Bonchev–Trinajstić information content (AvgIpc) is 2.46. The minimum absolute atomic E-state index is 0.185. The Balaban J connectivity index is 2.13. The fraction of sp³-hybridized carbons (Fsp3) is 0.600. The molecule has 5 nitrogen and oxygen atoms in total. The van der Waals surface area contributed by atoms with Gasteiger partial charge < -0.3 is 5.32 Å². The zero-order chi connectivity index (χ0) is 15.5. The summed E-state index contributed by atoms with van der Waals surface area (Å²) in [7, 11) is -1.57. The molecule has 2 N–H and O–H groups in total. The quantitative estimate of drug-likeness (QED) is 0.877. The minimum atomic E-state index is -3.46. The first-order chi connectivity index (χ1) is 9.92. The van der Waals surface area contributed by atoms with Crippen LogP contribution < -0.4 is 10.0 Å². The van der Waals surface area contributed by atoms with E-state index in [-0.39, 0.29) is 6.04 Å². The molecule has 0 amide bonds. The van der Waals surface area contributed by atoms with Crippen LogP contribution in [0.5, 0.6) is 0 Å². The second-order valence-corrected chi connectivity index (χ2v) is 7.52. The van der Waals surface area contributed by atoms with E-state index in [2.05, 4.69) is 17.0 Å². The van der Waals surface area contributed by atoms with E-state index in [0.29, 0.717) is 24.7 Å². The molecular weight excluding hydrogens is 286 g/mol. The van der Waals surface area contributed by atoms with Gasteiger partial charge in [-0.2, -0.15) is 12.7 Å². The van der Waals surface area contributed by atoms with E-state index in [4.69, 9.17) is 0 Å². The molecule has 0 aromatic heterocycles. The molecule has 2 unspecified atom stereocenters. The molecule has 0 radical (unpaired) electrons. The predicted molar refractivity (Wildman–Crippen MR) is 86.4 cm³/mol. The normalized spacial score (nSPS) is 22.0. The van der Waals surface area contributed by atoms with Gasteiger partial charge in [0.25, 0.3) is 0 Å². The van der Waals surface area contributed by atoms with Crippen LogP contribution in [-0.4, -0.2) is 32.9 Å². The smallest absolute Gasteiger partial charge is 0.301 e. The molecule has 1 saturated heterocycles. The molecule has 0 saturated carbocycles. The highest BCUT2D eigenvalue weighted by molar-refractivity contribution is 7.90. The van der Waals surface area contributed by atoms with Crippen LogP contribution in [0.15, 0.2) is 24.3 Å². The molecule has 1 fully saturated rings. The van der Waals surface area contributed by atoms with Crippen LogP contribution in [0.3, 0.4) is 0 Å². The van der Waals surface area contributed by atoms with Gasteiger partial charge in [-0.3, -0.25) is 4.72 Å². The van der Waals surface area contributed by atoms with E-state index >= 15 is 0 Å². The molecule has 0 aliphatic carbocycles. The van der Waals surface area contributed by atoms with Gasteiger partial charge in [0.15, 0.2) is 0 Å². The van der Waals surface area contributed by atoms with Crippen LogP contribution in [0.4, 0.5) is 5.69 Å². The van der Waals surface area contributed by atoms with E-state index < -0.39 is 10.2 Å². The fourth-order valence-corrected chi connectivity index (χ4v) is 3.99. The Labute approximate surface area is 127 Å². The minimum Gasteiger partial charge on any atom is -0.313 e. The van der Waals surface area contributed by atoms with Crippen molar-refractivity contribution in [2.75, 3.05) is 24.9 Å². The summed E-state index contributed by atoms with van der Waals surface area (Å²) in [6, 6.07) is 7.72. The van der Waals surface area contributed by atoms with Crippen LogP contribution >= 0.6 is 0 Å². The first-order valence-corrected chi connectivity index (χ1v) is 8.91. The summed E-state index contributed by atoms with van der Waals surface area (Å²) in [5, 5.41) is 3.15. The topological polar surface area (TPSA) is 61.4 Å². The maximum absolute atomic E-state index is 12.5. The summed E-state index contributed by atoms with van der Waals surface area (Å²) >= 11 is 0. The Morgan fingerprint density at radius 2 is 2.14 bits per heavy atom. The second kappa shape index (κ2) is 6.77. The van der Waals surface area contributed by atoms with Crippen LogP contribution in [0, 0.1) is 5.92 Å². The number of rotatable bonds is 5. The third kappa shape index (κ3) is 4.18. The van der Waals surface area contributed by atoms with Crippen LogP contribution in [0.1, 0.15) is 38.3 Å². The van der Waals surface area contributed by atoms with Gasteiger partial charge in [0, 0.05) is 19.1 Å². The summed E-state index contributed by atoms with van der Waals surface area (Å²) in [5.41, 5.74) is 1.68. The molecule has 2 rings (SSSR count). The van der Waals surface area contributed by atoms with Crippen molar-refractivity contribution in [1.29, 1.82) is 0 Å². The van der Waals surface area contributed by atoms with Gasteiger partial charge in [0.2, 0.25) is 0 Å². The Morgan fingerprint density at radius 1 is 1.38 bits per heavy atom. The largest absolute Gasteiger partial charge is 0.313 e. The molecule has 118 valence electrons. The average molecular weight is 311 g/mol. The van der Waals surface area contributed by atoms with E-state index in [1.54, 1.807) is 10.4 Å². The maximum Gasteiger partial charge on any atom is 0.301 e. The van der Waals surface area contributed by atoms with Crippen LogP contribution in [0.2, 0.25) is 0 Å². The number of hydrogen-bond acceptors (Lipinski definition) is 3. The molecule has 0 bridgehead atoms. The number of anilines is 1. The Hall–Kier alpha value is -1.11. The van der Waals surface area contributed by atoms with Gasteiger partial charge in [0.05, 0.1) is 5.69 Å². The van der Waals surface area contributed by atoms with E-state index in [0.717, 1.165) is 18.4 Å². The summed E-state index contributed by atoms with van der Waals surface area (Å²) in [6.07, 6.45) is 2.03. The van der Waals surface area contributed by atoms with E-state index in [9.17, 15) is 8.42 Å². The van der Waals surface area contributed by atoms with Crippen LogP contribution in [0.25, 0.3) is 0 Å². The maximum atomic E-state index is 12.5. The number of nitrogens with one attached hydrogen (secondary N) is 2. The Kier molecular flexibility index (Phi) is 5.24. The highest BCUT2D eigenvalue weighted by Crippen LogP contribution is 2.22. The summed E-state index contributed by atoms with van der Waals surface area (Å²) < 4.78 is 29.2. The first-order valence-electron chi connectivity index (χ1n) is 7.47. The molecule has 21 heavy (non-hydrogen) atoms. The third-order valence-electron chi connectivity index (χ3n) is 4.03. The number of piperidine rings is 1. The zero-order valence-electron chi connectivity index (χ0n) is 13.0. The molecule has 1 aromatic carbocycles. The fourth-order valence-electron chi connectivity index (χ4n) is 2.62. The molecule has 1 heterocycles. The highest BCUT2D eigenvalue weighted by Gasteiger charge is 2.27. The second-order valence-electron chi connectivity index (χ2n) is 5.85. The molecule has 6 heteroatoms. The molecule has 1 aliphatic heterocycles. The van der Waals surface area contributed by atoms with Crippen molar-refractivity contribution in [2.45, 2.75) is 32.7 Å². The van der Waals surface area contributed by atoms with E-state index in [1.165, 1.54) is 0 Å². The van der Waals surface area contributed by atoms with Crippen molar-refractivity contribution in [3.8, 4) is 0 Å². The van der Waals surface area contributed by atoms with Crippen LogP contribution in [-0.2, 0) is 10.2 Å². The summed E-state index contributed by atoms with van der Waals surface area (Å²) in [5.74, 6) is 0.422. The Morgan fingerprint density at radius 3 is 2.81 bits per heavy atom. The monoisotopic (exact) mass is 311 g/mol. The predicted octanol–water partition coefficient (Wildman–Crippen LogP) is 2.36. The van der Waals surface area contributed by atoms with Gasteiger partial charge in [0.1, 0.15) is 0 Å². The third-order valence-corrected chi connectivity index (χ3v) is 5.53. The highest BCUT2D eigenvalue weighted by atomic mass is 32.2. The van der Waals surface area contributed by atoms with Crippen molar-refractivity contribution in [3.05, 3.63) is 29.8 Å². The molecule has 2 atom stereocenters. The van der Waals surface area contributed by atoms with Gasteiger partial charge in [-0.1, -0.05) is 19.1 Å². The van der Waals surface area contributed by atoms with Crippen molar-refractivity contribution < 1.29 is 8.42 Å². The number of hydrogen-bond donors (Lipinski definition) is 2. The van der Waals surface area contributed by atoms with Gasteiger partial charge in [-0.05, 0) is 50.4 Å². The lowest BCUT2D eigenvalue weighted by Crippen LogP contribution is -2.42. The van der Waals surface area contributed by atoms with Crippen molar-refractivity contribution in [3.63, 3.8) is 0 Å². The van der Waals surface area contributed by atoms with Gasteiger partial charge in [-0.25, -0.2) is 0 Å². The molecule has 1 aromatic rings. The SMILES string of the molecule is CNC(C)c1cccc(NS(=O)(=O)N2CCCC(C)C2)c1. The van der Waals surface area contributed by atoms with Gasteiger partial charge in [-0.15, -0.1) is 0 Å². The lowest BCUT2D eigenvalue weighted by atomic mass is 10.0. The van der Waals surface area contributed by atoms with Crippen molar-refractivity contribution in [2.24, 2.45) is 5.92 Å². The first kappa shape index (κ1) is 16.3. The van der Waals surface area contributed by atoms with E-state index in [1.807, 2.05) is 32.2 Å².